The molecule has 0 N–H and O–H groups in total. The van der Waals surface area contributed by atoms with Gasteiger partial charge in [-0.15, -0.1) is 9.24 Å². The molecule has 0 aromatic carbocycles. The van der Waals surface area contributed by atoms with Gasteiger partial charge in [-0.25, -0.2) is 0 Å². The molecule has 2 aliphatic carbocycles. The average molecular weight is 128 g/mol. The molecule has 0 bridgehead atoms. The van der Waals surface area contributed by atoms with Gasteiger partial charge in [-0.2, -0.15) is 0 Å². The Hall–Kier alpha value is 0.430. The molecule has 0 radical (unpaired) electrons. The summed E-state index contributed by atoms with van der Waals surface area (Å²) in [5, 5.41) is 0.762. The summed E-state index contributed by atoms with van der Waals surface area (Å²) >= 11 is 0. The van der Waals surface area contributed by atoms with E-state index in [4.69, 9.17) is 0 Å². The van der Waals surface area contributed by atoms with Gasteiger partial charge >= 0.3 is 0 Å². The molecule has 1 atom stereocenters. The van der Waals surface area contributed by atoms with Gasteiger partial charge in [0, 0.05) is 0 Å². The molecule has 0 amide bonds. The van der Waals surface area contributed by atoms with Crippen LogP contribution in [-0.2, 0) is 0 Å². The maximum Gasteiger partial charge on any atom is -0.0121 e. The van der Waals surface area contributed by atoms with Crippen molar-refractivity contribution < 1.29 is 0 Å². The molecule has 0 heterocycles. The first kappa shape index (κ1) is 5.23. The summed E-state index contributed by atoms with van der Waals surface area (Å²) in [6, 6.07) is 0. The minimum Gasteiger partial charge on any atom is -0.131 e. The minimum absolute atomic E-state index is 0.762. The number of rotatable bonds is 1. The lowest BCUT2D eigenvalue weighted by molar-refractivity contribution is 0.296. The Kier molecular flexibility index (Phi) is 0.965. The fraction of sp³-hybridized carbons (Fsp3) is 1.00. The van der Waals surface area contributed by atoms with E-state index >= 15 is 0 Å². The fourth-order valence-electron chi connectivity index (χ4n) is 1.54. The molecule has 0 aromatic rings. The highest BCUT2D eigenvalue weighted by atomic mass is 31.0. The van der Waals surface area contributed by atoms with Crippen molar-refractivity contribution in [2.45, 2.75) is 37.3 Å². The molecule has 46 valence electrons. The highest BCUT2D eigenvalue weighted by Crippen LogP contribution is 2.57. The van der Waals surface area contributed by atoms with Crippen LogP contribution in [-0.4, -0.2) is 5.16 Å². The first-order valence-electron chi connectivity index (χ1n) is 3.60. The first-order chi connectivity index (χ1) is 3.81. The van der Waals surface area contributed by atoms with Crippen molar-refractivity contribution in [3.63, 3.8) is 0 Å². The monoisotopic (exact) mass is 128 g/mol. The van der Waals surface area contributed by atoms with Crippen LogP contribution in [0.2, 0.25) is 0 Å². The summed E-state index contributed by atoms with van der Waals surface area (Å²) in [5.41, 5.74) is 0. The zero-order valence-corrected chi connectivity index (χ0v) is 6.34. The molecular formula is C7H13P. The normalized spacial score (nSPS) is 34.1. The summed E-state index contributed by atoms with van der Waals surface area (Å²) in [7, 11) is 3.04. The van der Waals surface area contributed by atoms with Gasteiger partial charge in [-0.1, -0.05) is 6.42 Å². The highest BCUT2D eigenvalue weighted by Gasteiger charge is 2.46. The van der Waals surface area contributed by atoms with Crippen molar-refractivity contribution >= 4 is 9.24 Å². The van der Waals surface area contributed by atoms with E-state index in [9.17, 15) is 0 Å². The molecule has 1 heteroatoms. The van der Waals surface area contributed by atoms with E-state index in [-0.39, 0.29) is 0 Å². The van der Waals surface area contributed by atoms with Crippen LogP contribution < -0.4 is 0 Å². The van der Waals surface area contributed by atoms with E-state index in [1.807, 2.05) is 0 Å². The molecule has 0 spiro atoms. The lowest BCUT2D eigenvalue weighted by Gasteiger charge is -2.31. The Balaban J connectivity index is 1.95. The Morgan fingerprint density at radius 1 is 1.25 bits per heavy atom. The fourth-order valence-corrected chi connectivity index (χ4v) is 2.01. The van der Waals surface area contributed by atoms with E-state index in [1.54, 1.807) is 0 Å². The van der Waals surface area contributed by atoms with Crippen LogP contribution >= 0.6 is 9.24 Å². The second-order valence-electron chi connectivity index (χ2n) is 3.36. The maximum absolute atomic E-state index is 3.04. The topological polar surface area (TPSA) is 0 Å². The van der Waals surface area contributed by atoms with Crippen LogP contribution in [0.3, 0.4) is 0 Å². The lowest BCUT2D eigenvalue weighted by Crippen LogP contribution is -2.22. The van der Waals surface area contributed by atoms with Crippen molar-refractivity contribution in [3.05, 3.63) is 0 Å². The molecule has 0 saturated heterocycles. The predicted molar refractivity (Wildman–Crippen MR) is 39.0 cm³/mol. The van der Waals surface area contributed by atoms with Crippen LogP contribution in [0.5, 0.6) is 0 Å². The van der Waals surface area contributed by atoms with E-state index in [0.29, 0.717) is 0 Å². The molecule has 0 nitrogen and oxygen atoms in total. The second-order valence-corrected chi connectivity index (χ2v) is 4.51. The molecule has 2 saturated carbocycles. The number of hydrogen-bond donors (Lipinski definition) is 0. The van der Waals surface area contributed by atoms with E-state index < -0.39 is 0 Å². The van der Waals surface area contributed by atoms with Gasteiger partial charge < -0.3 is 0 Å². The van der Waals surface area contributed by atoms with Crippen LogP contribution in [0, 0.1) is 5.92 Å². The van der Waals surface area contributed by atoms with Gasteiger partial charge in [0.2, 0.25) is 0 Å². The standard InChI is InChI=1S/C7H13P/c8-7(4-5-7)6-2-1-3-6/h6H,1-5,8H2. The molecular weight excluding hydrogens is 115 g/mol. The van der Waals surface area contributed by atoms with Crippen molar-refractivity contribution in [2.75, 3.05) is 0 Å². The zero-order chi connectivity index (χ0) is 5.61. The smallest absolute Gasteiger partial charge is 0.0121 e. The first-order valence-corrected chi connectivity index (χ1v) is 4.18. The van der Waals surface area contributed by atoms with Gasteiger partial charge in [0.1, 0.15) is 0 Å². The van der Waals surface area contributed by atoms with E-state index in [0.717, 1.165) is 11.1 Å². The minimum atomic E-state index is 0.762. The largest absolute Gasteiger partial charge is 0.131 e. The Labute approximate surface area is 53.2 Å². The molecule has 2 rings (SSSR count). The van der Waals surface area contributed by atoms with E-state index in [1.165, 1.54) is 32.1 Å². The van der Waals surface area contributed by atoms with Crippen LogP contribution in [0.15, 0.2) is 0 Å². The summed E-state index contributed by atoms with van der Waals surface area (Å²) in [5.74, 6) is 1.10. The van der Waals surface area contributed by atoms with Gasteiger partial charge in [0.25, 0.3) is 0 Å². The molecule has 1 unspecified atom stereocenters. The summed E-state index contributed by atoms with van der Waals surface area (Å²) in [6.45, 7) is 0. The average Bonchev–Trinajstić information content (AvgIpc) is 2.12. The Morgan fingerprint density at radius 2 is 1.88 bits per heavy atom. The molecule has 0 aromatic heterocycles. The van der Waals surface area contributed by atoms with Crippen molar-refractivity contribution in [2.24, 2.45) is 5.92 Å². The predicted octanol–water partition coefficient (Wildman–Crippen LogP) is 2.19. The van der Waals surface area contributed by atoms with Gasteiger partial charge in [-0.3, -0.25) is 0 Å². The summed E-state index contributed by atoms with van der Waals surface area (Å²) in [4.78, 5) is 0. The van der Waals surface area contributed by atoms with Crippen molar-refractivity contribution in [1.82, 2.24) is 0 Å². The lowest BCUT2D eigenvalue weighted by atomic mass is 9.81. The maximum atomic E-state index is 3.04. The summed E-state index contributed by atoms with van der Waals surface area (Å²) in [6.07, 6.45) is 7.51. The summed E-state index contributed by atoms with van der Waals surface area (Å²) < 4.78 is 0. The third kappa shape index (κ3) is 0.624. The Morgan fingerprint density at radius 3 is 2.00 bits per heavy atom. The van der Waals surface area contributed by atoms with Crippen LogP contribution in [0.4, 0.5) is 0 Å². The van der Waals surface area contributed by atoms with Gasteiger partial charge in [0.15, 0.2) is 0 Å². The van der Waals surface area contributed by atoms with Crippen LogP contribution in [0.25, 0.3) is 0 Å². The quantitative estimate of drug-likeness (QED) is 0.475. The number of hydrogen-bond acceptors (Lipinski definition) is 0. The third-order valence-corrected chi connectivity index (χ3v) is 3.79. The van der Waals surface area contributed by atoms with Crippen molar-refractivity contribution in [3.8, 4) is 0 Å². The van der Waals surface area contributed by atoms with Crippen LogP contribution in [0.1, 0.15) is 32.1 Å². The Bertz CT molecular complexity index is 101. The molecule has 2 fully saturated rings. The molecule has 0 aliphatic heterocycles. The zero-order valence-electron chi connectivity index (χ0n) is 5.19. The highest BCUT2D eigenvalue weighted by molar-refractivity contribution is 7.19. The van der Waals surface area contributed by atoms with Gasteiger partial charge in [0.05, 0.1) is 0 Å². The molecule has 8 heavy (non-hydrogen) atoms. The SMILES string of the molecule is PC1(C2CCC2)CC1. The van der Waals surface area contributed by atoms with Crippen molar-refractivity contribution in [1.29, 1.82) is 0 Å². The third-order valence-electron chi connectivity index (χ3n) is 2.75. The van der Waals surface area contributed by atoms with Gasteiger partial charge in [-0.05, 0) is 36.8 Å². The second kappa shape index (κ2) is 1.48. The van der Waals surface area contributed by atoms with E-state index in [2.05, 4.69) is 9.24 Å². The molecule has 2 aliphatic rings.